The van der Waals surface area contributed by atoms with Gasteiger partial charge in [-0.3, -0.25) is 0 Å². The van der Waals surface area contributed by atoms with Crippen LogP contribution in [0.1, 0.15) is 12.8 Å². The lowest BCUT2D eigenvalue weighted by atomic mass is 9.93. The lowest BCUT2D eigenvalue weighted by molar-refractivity contribution is 0.394. The van der Waals surface area contributed by atoms with Crippen molar-refractivity contribution < 1.29 is 0 Å². The Morgan fingerprint density at radius 1 is 1.25 bits per heavy atom. The Labute approximate surface area is 96.8 Å². The number of hydrogen-bond donors (Lipinski definition) is 1. The zero-order chi connectivity index (χ0) is 11.1. The van der Waals surface area contributed by atoms with Gasteiger partial charge < -0.3 is 15.5 Å². The van der Waals surface area contributed by atoms with Crippen LogP contribution in [0, 0.1) is 0 Å². The zero-order valence-electron chi connectivity index (χ0n) is 9.76. The van der Waals surface area contributed by atoms with Gasteiger partial charge in [0, 0.05) is 26.2 Å². The van der Waals surface area contributed by atoms with Gasteiger partial charge in [-0.15, -0.1) is 0 Å². The van der Waals surface area contributed by atoms with E-state index < -0.39 is 0 Å². The smallest absolute Gasteiger partial charge is 0.0616 e. The van der Waals surface area contributed by atoms with Crippen LogP contribution in [0.25, 0.3) is 0 Å². The summed E-state index contributed by atoms with van der Waals surface area (Å²) in [5.74, 6) is 0. The SMILES string of the molecule is CN1CC2C(N)CCCN2c2ccccc21. The highest BCUT2D eigenvalue weighted by molar-refractivity contribution is 5.74. The summed E-state index contributed by atoms with van der Waals surface area (Å²) in [6, 6.07) is 9.47. The van der Waals surface area contributed by atoms with Crippen LogP contribution in [0.4, 0.5) is 11.4 Å². The second-order valence-electron chi connectivity index (χ2n) is 4.94. The lowest BCUT2D eigenvalue weighted by Crippen LogP contribution is -2.59. The van der Waals surface area contributed by atoms with Gasteiger partial charge in [-0.1, -0.05) is 12.1 Å². The van der Waals surface area contributed by atoms with Crippen molar-refractivity contribution in [3.05, 3.63) is 24.3 Å². The average molecular weight is 217 g/mol. The molecular weight excluding hydrogens is 198 g/mol. The molecule has 1 aromatic rings. The van der Waals surface area contributed by atoms with Gasteiger partial charge in [0.25, 0.3) is 0 Å². The predicted molar refractivity (Wildman–Crippen MR) is 68.1 cm³/mol. The zero-order valence-corrected chi connectivity index (χ0v) is 9.76. The molecule has 0 aromatic heterocycles. The van der Waals surface area contributed by atoms with Crippen molar-refractivity contribution in [2.45, 2.75) is 24.9 Å². The van der Waals surface area contributed by atoms with Gasteiger partial charge in [0.2, 0.25) is 0 Å². The molecule has 1 aromatic carbocycles. The summed E-state index contributed by atoms with van der Waals surface area (Å²) in [5.41, 5.74) is 8.94. The number of para-hydroxylation sites is 2. The molecule has 0 radical (unpaired) electrons. The highest BCUT2D eigenvalue weighted by atomic mass is 15.3. The van der Waals surface area contributed by atoms with E-state index in [0.717, 1.165) is 19.5 Å². The minimum atomic E-state index is 0.324. The van der Waals surface area contributed by atoms with Crippen molar-refractivity contribution in [2.24, 2.45) is 5.73 Å². The minimum Gasteiger partial charge on any atom is -0.371 e. The molecule has 1 saturated heterocycles. The Kier molecular flexibility index (Phi) is 2.28. The number of fused-ring (bicyclic) bond motifs is 3. The van der Waals surface area contributed by atoms with E-state index in [4.69, 9.17) is 5.73 Å². The quantitative estimate of drug-likeness (QED) is 0.713. The van der Waals surface area contributed by atoms with Crippen LogP contribution < -0.4 is 15.5 Å². The van der Waals surface area contributed by atoms with Crippen molar-refractivity contribution in [3.8, 4) is 0 Å². The molecule has 2 aliphatic heterocycles. The fourth-order valence-corrected chi connectivity index (χ4v) is 3.03. The number of piperidine rings is 1. The number of likely N-dealkylation sites (N-methyl/N-ethyl adjacent to an activating group) is 1. The minimum absolute atomic E-state index is 0.324. The molecule has 1 fully saturated rings. The molecule has 0 amide bonds. The Bertz CT molecular complexity index is 391. The van der Waals surface area contributed by atoms with Crippen LogP contribution in [0.3, 0.4) is 0 Å². The average Bonchev–Trinajstić information content (AvgIpc) is 2.31. The molecule has 16 heavy (non-hydrogen) atoms. The molecular formula is C13H19N3. The predicted octanol–water partition coefficient (Wildman–Crippen LogP) is 1.43. The molecule has 2 N–H and O–H groups in total. The van der Waals surface area contributed by atoms with Gasteiger partial charge in [-0.2, -0.15) is 0 Å². The summed E-state index contributed by atoms with van der Waals surface area (Å²) in [6.07, 6.45) is 2.38. The Balaban J connectivity index is 2.03. The van der Waals surface area contributed by atoms with E-state index in [2.05, 4.69) is 41.1 Å². The summed E-state index contributed by atoms with van der Waals surface area (Å²) in [4.78, 5) is 4.84. The first-order chi connectivity index (χ1) is 7.77. The second kappa shape index (κ2) is 3.67. The highest BCUT2D eigenvalue weighted by Crippen LogP contribution is 2.37. The number of hydrogen-bond acceptors (Lipinski definition) is 3. The third kappa shape index (κ3) is 1.39. The molecule has 3 nitrogen and oxygen atoms in total. The summed E-state index contributed by atoms with van der Waals surface area (Å²) in [7, 11) is 2.16. The van der Waals surface area contributed by atoms with E-state index in [1.165, 1.54) is 17.8 Å². The number of nitrogens with two attached hydrogens (primary N) is 1. The largest absolute Gasteiger partial charge is 0.371 e. The first kappa shape index (κ1) is 9.97. The van der Waals surface area contributed by atoms with Gasteiger partial charge in [-0.25, -0.2) is 0 Å². The lowest BCUT2D eigenvalue weighted by Gasteiger charge is -2.48. The van der Waals surface area contributed by atoms with Crippen molar-refractivity contribution in [1.29, 1.82) is 0 Å². The van der Waals surface area contributed by atoms with Gasteiger partial charge in [0.15, 0.2) is 0 Å². The molecule has 2 heterocycles. The second-order valence-corrected chi connectivity index (χ2v) is 4.94. The molecule has 0 bridgehead atoms. The van der Waals surface area contributed by atoms with E-state index in [0.29, 0.717) is 12.1 Å². The van der Waals surface area contributed by atoms with E-state index in [9.17, 15) is 0 Å². The fourth-order valence-electron chi connectivity index (χ4n) is 3.03. The molecule has 2 aliphatic rings. The summed E-state index contributed by atoms with van der Waals surface area (Å²) < 4.78 is 0. The summed E-state index contributed by atoms with van der Waals surface area (Å²) in [6.45, 7) is 2.21. The molecule has 0 aliphatic carbocycles. The van der Waals surface area contributed by atoms with Crippen molar-refractivity contribution in [2.75, 3.05) is 29.9 Å². The number of benzene rings is 1. The molecule has 0 saturated carbocycles. The van der Waals surface area contributed by atoms with Crippen molar-refractivity contribution in [3.63, 3.8) is 0 Å². The van der Waals surface area contributed by atoms with Crippen LogP contribution in [-0.4, -0.2) is 32.2 Å². The Hall–Kier alpha value is -1.22. The number of rotatable bonds is 0. The van der Waals surface area contributed by atoms with Gasteiger partial charge in [0.05, 0.1) is 17.4 Å². The Morgan fingerprint density at radius 3 is 2.81 bits per heavy atom. The first-order valence-corrected chi connectivity index (χ1v) is 6.10. The number of anilines is 2. The third-order valence-corrected chi connectivity index (χ3v) is 3.89. The maximum Gasteiger partial charge on any atom is 0.0616 e. The maximum absolute atomic E-state index is 6.24. The normalized spacial score (nSPS) is 28.6. The van der Waals surface area contributed by atoms with E-state index in [-0.39, 0.29) is 0 Å². The molecule has 2 unspecified atom stereocenters. The molecule has 3 rings (SSSR count). The standard InChI is InChI=1S/C13H19N3/c1-15-9-13-10(14)5-4-8-16(13)12-7-3-2-6-11(12)15/h2-3,6-7,10,13H,4-5,8-9,14H2,1H3. The molecule has 3 heteroatoms. The third-order valence-electron chi connectivity index (χ3n) is 3.89. The van der Waals surface area contributed by atoms with Crippen LogP contribution in [0.2, 0.25) is 0 Å². The van der Waals surface area contributed by atoms with Gasteiger partial charge >= 0.3 is 0 Å². The van der Waals surface area contributed by atoms with E-state index in [1.807, 2.05) is 0 Å². The first-order valence-electron chi connectivity index (χ1n) is 6.10. The molecule has 2 atom stereocenters. The van der Waals surface area contributed by atoms with Crippen molar-refractivity contribution in [1.82, 2.24) is 0 Å². The van der Waals surface area contributed by atoms with E-state index in [1.54, 1.807) is 0 Å². The van der Waals surface area contributed by atoms with Gasteiger partial charge in [-0.05, 0) is 25.0 Å². The summed E-state index contributed by atoms with van der Waals surface area (Å²) >= 11 is 0. The number of nitrogens with zero attached hydrogens (tertiary/aromatic N) is 2. The topological polar surface area (TPSA) is 32.5 Å². The van der Waals surface area contributed by atoms with Crippen molar-refractivity contribution >= 4 is 11.4 Å². The van der Waals surface area contributed by atoms with Crippen LogP contribution in [0.15, 0.2) is 24.3 Å². The van der Waals surface area contributed by atoms with Crippen LogP contribution in [-0.2, 0) is 0 Å². The monoisotopic (exact) mass is 217 g/mol. The Morgan fingerprint density at radius 2 is 2.00 bits per heavy atom. The summed E-state index contributed by atoms with van der Waals surface area (Å²) in [5, 5.41) is 0. The van der Waals surface area contributed by atoms with Crippen LogP contribution >= 0.6 is 0 Å². The van der Waals surface area contributed by atoms with E-state index >= 15 is 0 Å². The molecule has 0 spiro atoms. The highest BCUT2D eigenvalue weighted by Gasteiger charge is 2.35. The maximum atomic E-state index is 6.24. The van der Waals surface area contributed by atoms with Crippen LogP contribution in [0.5, 0.6) is 0 Å². The van der Waals surface area contributed by atoms with Gasteiger partial charge in [0.1, 0.15) is 0 Å². The molecule has 86 valence electrons. The fraction of sp³-hybridized carbons (Fsp3) is 0.538.